The molecular formula is C12H25N3O4S. The minimum atomic E-state index is -3.09. The summed E-state index contributed by atoms with van der Waals surface area (Å²) in [5.74, 6) is -0.0694. The lowest BCUT2D eigenvalue weighted by Crippen LogP contribution is -2.48. The number of rotatable bonds is 7. The molecule has 0 aromatic heterocycles. The number of piperidine rings is 1. The van der Waals surface area contributed by atoms with E-state index in [0.717, 1.165) is 12.8 Å². The molecule has 1 saturated heterocycles. The van der Waals surface area contributed by atoms with Crippen LogP contribution in [0.5, 0.6) is 0 Å². The number of carbonyl (C=O) groups excluding carboxylic acids is 1. The fourth-order valence-electron chi connectivity index (χ4n) is 2.25. The largest absolute Gasteiger partial charge is 0.383 e. The van der Waals surface area contributed by atoms with Gasteiger partial charge in [0.15, 0.2) is 0 Å². The molecule has 0 bridgehead atoms. The van der Waals surface area contributed by atoms with E-state index in [1.165, 1.54) is 10.6 Å². The van der Waals surface area contributed by atoms with Gasteiger partial charge < -0.3 is 15.4 Å². The number of hydrogen-bond donors (Lipinski definition) is 2. The maximum Gasteiger partial charge on any atom is 0.234 e. The molecule has 1 heterocycles. The number of nitrogens with zero attached hydrogens (tertiary/aromatic N) is 1. The minimum Gasteiger partial charge on any atom is -0.383 e. The van der Waals surface area contributed by atoms with Gasteiger partial charge in [-0.3, -0.25) is 4.79 Å². The third-order valence-corrected chi connectivity index (χ3v) is 4.60. The van der Waals surface area contributed by atoms with Crippen molar-refractivity contribution in [3.05, 3.63) is 0 Å². The molecule has 0 aromatic carbocycles. The Morgan fingerprint density at radius 1 is 1.40 bits per heavy atom. The Bertz CT molecular complexity index is 405. The van der Waals surface area contributed by atoms with Crippen LogP contribution in [-0.2, 0) is 19.6 Å². The first-order valence-corrected chi connectivity index (χ1v) is 8.64. The van der Waals surface area contributed by atoms with Gasteiger partial charge in [0.2, 0.25) is 15.9 Å². The molecule has 1 amide bonds. The molecular weight excluding hydrogens is 282 g/mol. The smallest absolute Gasteiger partial charge is 0.234 e. The summed E-state index contributed by atoms with van der Waals surface area (Å²) in [6, 6.07) is 0.179. The monoisotopic (exact) mass is 307 g/mol. The highest BCUT2D eigenvalue weighted by molar-refractivity contribution is 7.88. The van der Waals surface area contributed by atoms with E-state index in [2.05, 4.69) is 10.6 Å². The van der Waals surface area contributed by atoms with E-state index >= 15 is 0 Å². The molecule has 0 aromatic rings. The van der Waals surface area contributed by atoms with Crippen molar-refractivity contribution in [3.63, 3.8) is 0 Å². The fourth-order valence-corrected chi connectivity index (χ4v) is 3.12. The van der Waals surface area contributed by atoms with E-state index in [1.807, 2.05) is 6.92 Å². The highest BCUT2D eigenvalue weighted by Crippen LogP contribution is 2.12. The van der Waals surface area contributed by atoms with Crippen molar-refractivity contribution in [1.29, 1.82) is 0 Å². The standard InChI is InChI=1S/C12H25N3O4S/c1-10(9-19-2)14-12(16)8-13-11-4-6-15(7-5-11)20(3,17)18/h10-11,13H,4-9H2,1-3H3,(H,14,16). The molecule has 1 rings (SSSR count). The first-order valence-electron chi connectivity index (χ1n) is 6.79. The van der Waals surface area contributed by atoms with Crippen LogP contribution in [-0.4, -0.2) is 70.3 Å². The lowest BCUT2D eigenvalue weighted by atomic mass is 10.1. The summed E-state index contributed by atoms with van der Waals surface area (Å²) in [5, 5.41) is 5.99. The maximum absolute atomic E-state index is 11.7. The zero-order chi connectivity index (χ0) is 15.2. The minimum absolute atomic E-state index is 0.0126. The second-order valence-electron chi connectivity index (χ2n) is 5.24. The lowest BCUT2D eigenvalue weighted by molar-refractivity contribution is -0.121. The van der Waals surface area contributed by atoms with Crippen LogP contribution in [0.15, 0.2) is 0 Å². The Labute approximate surface area is 121 Å². The van der Waals surface area contributed by atoms with Crippen LogP contribution in [0.4, 0.5) is 0 Å². The van der Waals surface area contributed by atoms with Gasteiger partial charge in [-0.05, 0) is 19.8 Å². The Balaban J connectivity index is 2.23. The molecule has 7 nitrogen and oxygen atoms in total. The highest BCUT2D eigenvalue weighted by Gasteiger charge is 2.24. The molecule has 2 N–H and O–H groups in total. The molecule has 0 saturated carbocycles. The van der Waals surface area contributed by atoms with Crippen molar-refractivity contribution in [3.8, 4) is 0 Å². The van der Waals surface area contributed by atoms with Gasteiger partial charge in [0, 0.05) is 32.3 Å². The number of ether oxygens (including phenoxy) is 1. The quantitative estimate of drug-likeness (QED) is 0.640. The second-order valence-corrected chi connectivity index (χ2v) is 7.22. The third kappa shape index (κ3) is 6.17. The van der Waals surface area contributed by atoms with Crippen molar-refractivity contribution in [1.82, 2.24) is 14.9 Å². The first-order chi connectivity index (χ1) is 9.32. The average Bonchev–Trinajstić information content (AvgIpc) is 2.36. The van der Waals surface area contributed by atoms with Gasteiger partial charge in [0.1, 0.15) is 0 Å². The van der Waals surface area contributed by atoms with Gasteiger partial charge in [0.05, 0.1) is 19.4 Å². The molecule has 8 heteroatoms. The van der Waals surface area contributed by atoms with Crippen LogP contribution >= 0.6 is 0 Å². The molecule has 1 atom stereocenters. The number of amides is 1. The van der Waals surface area contributed by atoms with Gasteiger partial charge >= 0.3 is 0 Å². The zero-order valence-corrected chi connectivity index (χ0v) is 13.2. The molecule has 118 valence electrons. The number of methoxy groups -OCH3 is 1. The van der Waals surface area contributed by atoms with Crippen molar-refractivity contribution >= 4 is 15.9 Å². The number of carbonyl (C=O) groups is 1. The third-order valence-electron chi connectivity index (χ3n) is 3.30. The summed E-state index contributed by atoms with van der Waals surface area (Å²) in [6.07, 6.45) is 2.69. The number of sulfonamides is 1. The van der Waals surface area contributed by atoms with E-state index in [0.29, 0.717) is 19.7 Å². The summed E-state index contributed by atoms with van der Waals surface area (Å²) in [4.78, 5) is 11.7. The highest BCUT2D eigenvalue weighted by atomic mass is 32.2. The maximum atomic E-state index is 11.7. The van der Waals surface area contributed by atoms with E-state index in [4.69, 9.17) is 4.74 Å². The number of nitrogens with one attached hydrogen (secondary N) is 2. The summed E-state index contributed by atoms with van der Waals surface area (Å²) >= 11 is 0. The molecule has 1 unspecified atom stereocenters. The average molecular weight is 307 g/mol. The molecule has 0 aliphatic carbocycles. The summed E-state index contributed by atoms with van der Waals surface area (Å²) in [6.45, 7) is 3.64. The van der Waals surface area contributed by atoms with Crippen molar-refractivity contribution < 1.29 is 17.9 Å². The van der Waals surface area contributed by atoms with Gasteiger partial charge in [-0.2, -0.15) is 0 Å². The Morgan fingerprint density at radius 2 is 2.00 bits per heavy atom. The van der Waals surface area contributed by atoms with Crippen molar-refractivity contribution in [2.75, 3.05) is 39.6 Å². The van der Waals surface area contributed by atoms with Crippen LogP contribution in [0.25, 0.3) is 0 Å². The van der Waals surface area contributed by atoms with E-state index in [1.54, 1.807) is 7.11 Å². The molecule has 1 fully saturated rings. The molecule has 1 aliphatic heterocycles. The molecule has 0 radical (unpaired) electrons. The van der Waals surface area contributed by atoms with Crippen LogP contribution < -0.4 is 10.6 Å². The van der Waals surface area contributed by atoms with Gasteiger partial charge in [-0.1, -0.05) is 0 Å². The number of hydrogen-bond acceptors (Lipinski definition) is 5. The Hall–Kier alpha value is -0.700. The normalized spacial score (nSPS) is 19.8. The lowest BCUT2D eigenvalue weighted by Gasteiger charge is -2.30. The predicted molar refractivity (Wildman–Crippen MR) is 76.9 cm³/mol. The van der Waals surface area contributed by atoms with E-state index in [-0.39, 0.29) is 24.5 Å². The molecule has 1 aliphatic rings. The van der Waals surface area contributed by atoms with E-state index in [9.17, 15) is 13.2 Å². The zero-order valence-electron chi connectivity index (χ0n) is 12.4. The first kappa shape index (κ1) is 17.4. The van der Waals surface area contributed by atoms with Crippen LogP contribution in [0.2, 0.25) is 0 Å². The van der Waals surface area contributed by atoms with Crippen molar-refractivity contribution in [2.24, 2.45) is 0 Å². The summed E-state index contributed by atoms with van der Waals surface area (Å²) in [5.41, 5.74) is 0. The predicted octanol–water partition coefficient (Wildman–Crippen LogP) is -0.849. The van der Waals surface area contributed by atoms with Gasteiger partial charge in [-0.15, -0.1) is 0 Å². The summed E-state index contributed by atoms with van der Waals surface area (Å²) < 4.78 is 29.2. The fraction of sp³-hybridized carbons (Fsp3) is 0.917. The van der Waals surface area contributed by atoms with Gasteiger partial charge in [-0.25, -0.2) is 12.7 Å². The van der Waals surface area contributed by atoms with Crippen LogP contribution in [0.3, 0.4) is 0 Å². The molecule has 0 spiro atoms. The van der Waals surface area contributed by atoms with Crippen LogP contribution in [0.1, 0.15) is 19.8 Å². The van der Waals surface area contributed by atoms with Crippen molar-refractivity contribution in [2.45, 2.75) is 31.8 Å². The van der Waals surface area contributed by atoms with Gasteiger partial charge in [0.25, 0.3) is 0 Å². The topological polar surface area (TPSA) is 87.7 Å². The van der Waals surface area contributed by atoms with E-state index < -0.39 is 10.0 Å². The summed E-state index contributed by atoms with van der Waals surface area (Å²) in [7, 11) is -1.50. The Morgan fingerprint density at radius 3 is 2.50 bits per heavy atom. The van der Waals surface area contributed by atoms with Crippen LogP contribution in [0, 0.1) is 0 Å². The Kier molecular flexibility index (Phi) is 6.87. The SMILES string of the molecule is COCC(C)NC(=O)CNC1CCN(S(C)(=O)=O)CC1. The molecule has 20 heavy (non-hydrogen) atoms. The second kappa shape index (κ2) is 7.92.